The van der Waals surface area contributed by atoms with Crippen molar-refractivity contribution < 1.29 is 0 Å². The van der Waals surface area contributed by atoms with Gasteiger partial charge in [-0.3, -0.25) is 0 Å². The maximum Gasteiger partial charge on any atom is 0.0991 e. The van der Waals surface area contributed by atoms with E-state index in [1.807, 2.05) is 24.3 Å². The van der Waals surface area contributed by atoms with Gasteiger partial charge in [-0.15, -0.1) is 0 Å². The van der Waals surface area contributed by atoms with Crippen LogP contribution in [0, 0.1) is 46.9 Å². The summed E-state index contributed by atoms with van der Waals surface area (Å²) in [5.74, 6) is 20.7. The molecule has 0 fully saturated rings. The molecular weight excluding hydrogens is 641 g/mol. The van der Waals surface area contributed by atoms with Crippen LogP contribution < -0.4 is 4.90 Å². The third-order valence-electron chi connectivity index (χ3n) is 9.36. The Bertz CT molecular complexity index is 2390. The molecule has 2 nitrogen and oxygen atoms in total. The molecule has 6 rings (SSSR count). The van der Waals surface area contributed by atoms with Gasteiger partial charge in [0.05, 0.1) is 11.6 Å². The van der Waals surface area contributed by atoms with Crippen molar-refractivity contribution in [3.05, 3.63) is 195 Å². The zero-order valence-corrected chi connectivity index (χ0v) is 30.9. The molecule has 0 aromatic heterocycles. The first kappa shape index (κ1) is 36.1. The molecule has 256 valence electrons. The second-order valence-electron chi connectivity index (χ2n) is 12.7. The molecule has 0 aliphatic rings. The summed E-state index contributed by atoms with van der Waals surface area (Å²) in [5.41, 5.74) is 14.8. The van der Waals surface area contributed by atoms with Gasteiger partial charge in [-0.25, -0.2) is 0 Å². The summed E-state index contributed by atoms with van der Waals surface area (Å²) in [6.07, 6.45) is 3.48. The highest BCUT2D eigenvalue weighted by Gasteiger charge is 2.12. The van der Waals surface area contributed by atoms with E-state index in [9.17, 15) is 0 Å². The molecule has 0 saturated carbocycles. The molecule has 0 radical (unpaired) electrons. The molecule has 0 bridgehead atoms. The molecule has 0 heterocycles. The van der Waals surface area contributed by atoms with E-state index < -0.39 is 0 Å². The Kier molecular flexibility index (Phi) is 11.9. The standard InChI is InChI=1S/C51H42N2/c1-5-41-35-47(43(7-3)33-45(41)27-23-38-19-21-40(37-52)22-20-38)29-30-48-36-42(6-2)46(34-44(48)8-4)28-24-39-25-31-51(32-26-39)53(49-15-11-9-12-16-49)50-17-13-10-14-18-50/h9-22,25-26,31-36H,5-8H2,1-4H3. The van der Waals surface area contributed by atoms with Crippen LogP contribution in [0.15, 0.2) is 133 Å². The van der Waals surface area contributed by atoms with Gasteiger partial charge in [0.2, 0.25) is 0 Å². The first-order valence-corrected chi connectivity index (χ1v) is 18.4. The fourth-order valence-corrected chi connectivity index (χ4v) is 6.35. The van der Waals surface area contributed by atoms with E-state index in [1.165, 1.54) is 22.3 Å². The van der Waals surface area contributed by atoms with E-state index in [1.54, 1.807) is 12.1 Å². The minimum absolute atomic E-state index is 0.637. The second-order valence-corrected chi connectivity index (χ2v) is 12.7. The van der Waals surface area contributed by atoms with Gasteiger partial charge in [-0.1, -0.05) is 99.6 Å². The van der Waals surface area contributed by atoms with Gasteiger partial charge in [-0.05, 0) is 145 Å². The molecule has 0 unspecified atom stereocenters. The van der Waals surface area contributed by atoms with E-state index in [0.717, 1.165) is 76.1 Å². The highest BCUT2D eigenvalue weighted by molar-refractivity contribution is 5.76. The van der Waals surface area contributed by atoms with Gasteiger partial charge in [-0.2, -0.15) is 5.26 Å². The largest absolute Gasteiger partial charge is 0.311 e. The van der Waals surface area contributed by atoms with Crippen molar-refractivity contribution in [3.8, 4) is 41.6 Å². The van der Waals surface area contributed by atoms with Crippen LogP contribution in [-0.2, 0) is 25.7 Å². The Labute approximate surface area is 315 Å². The number of para-hydroxylation sites is 2. The van der Waals surface area contributed by atoms with Crippen molar-refractivity contribution in [1.29, 1.82) is 5.26 Å². The summed E-state index contributed by atoms with van der Waals surface area (Å²) in [7, 11) is 0. The topological polar surface area (TPSA) is 27.0 Å². The Morgan fingerprint density at radius 2 is 0.679 bits per heavy atom. The fourth-order valence-electron chi connectivity index (χ4n) is 6.35. The molecule has 0 aliphatic heterocycles. The Balaban J connectivity index is 1.27. The van der Waals surface area contributed by atoms with Crippen LogP contribution in [0.4, 0.5) is 17.1 Å². The van der Waals surface area contributed by atoms with E-state index >= 15 is 0 Å². The quantitative estimate of drug-likeness (QED) is 0.157. The highest BCUT2D eigenvalue weighted by Crippen LogP contribution is 2.34. The van der Waals surface area contributed by atoms with Crippen LogP contribution in [0.3, 0.4) is 0 Å². The number of hydrogen-bond donors (Lipinski definition) is 0. The third kappa shape index (κ3) is 8.79. The number of benzene rings is 6. The van der Waals surface area contributed by atoms with Crippen LogP contribution in [-0.4, -0.2) is 0 Å². The molecular formula is C51H42N2. The Hall–Kier alpha value is -6.71. The number of nitriles is 1. The molecule has 6 aromatic rings. The Morgan fingerprint density at radius 1 is 0.377 bits per heavy atom. The SMILES string of the molecule is CCc1cc(C#Cc2cc(CC)c(C#Cc3ccc(N(c4ccccc4)c4ccccc4)cc3)cc2CC)c(CC)cc1C#Cc1ccc(C#N)cc1. The smallest absolute Gasteiger partial charge is 0.0991 e. The van der Waals surface area contributed by atoms with Crippen LogP contribution >= 0.6 is 0 Å². The summed E-state index contributed by atoms with van der Waals surface area (Å²) >= 11 is 0. The number of nitrogens with zero attached hydrogens (tertiary/aromatic N) is 2. The van der Waals surface area contributed by atoms with Crippen LogP contribution in [0.25, 0.3) is 0 Å². The maximum absolute atomic E-state index is 9.10. The van der Waals surface area contributed by atoms with Crippen LogP contribution in [0.2, 0.25) is 0 Å². The minimum Gasteiger partial charge on any atom is -0.311 e. The van der Waals surface area contributed by atoms with Gasteiger partial charge in [0, 0.05) is 50.4 Å². The van der Waals surface area contributed by atoms with E-state index in [4.69, 9.17) is 5.26 Å². The molecule has 0 N–H and O–H groups in total. The van der Waals surface area contributed by atoms with Crippen LogP contribution in [0.5, 0.6) is 0 Å². The average molecular weight is 683 g/mol. The minimum atomic E-state index is 0.637. The highest BCUT2D eigenvalue weighted by atomic mass is 15.1. The lowest BCUT2D eigenvalue weighted by Crippen LogP contribution is -2.09. The predicted octanol–water partition coefficient (Wildman–Crippen LogP) is 11.5. The van der Waals surface area contributed by atoms with E-state index in [0.29, 0.717) is 5.56 Å². The monoisotopic (exact) mass is 682 g/mol. The summed E-state index contributed by atoms with van der Waals surface area (Å²) in [4.78, 5) is 2.26. The van der Waals surface area contributed by atoms with Gasteiger partial charge >= 0.3 is 0 Å². The lowest BCUT2D eigenvalue weighted by Gasteiger charge is -2.25. The normalized spacial score (nSPS) is 10.1. The number of hydrogen-bond acceptors (Lipinski definition) is 2. The van der Waals surface area contributed by atoms with Gasteiger partial charge in [0.15, 0.2) is 0 Å². The fraction of sp³-hybridized carbons (Fsp3) is 0.157. The molecule has 2 heteroatoms. The van der Waals surface area contributed by atoms with E-state index in [-0.39, 0.29) is 0 Å². The zero-order valence-electron chi connectivity index (χ0n) is 30.9. The molecule has 0 atom stereocenters. The lowest BCUT2D eigenvalue weighted by atomic mass is 9.93. The maximum atomic E-state index is 9.10. The molecule has 0 saturated heterocycles. The summed E-state index contributed by atoms with van der Waals surface area (Å²) in [6, 6.07) is 47.8. The summed E-state index contributed by atoms with van der Waals surface area (Å²) in [5, 5.41) is 9.10. The Morgan fingerprint density at radius 3 is 1.02 bits per heavy atom. The summed E-state index contributed by atoms with van der Waals surface area (Å²) in [6.45, 7) is 8.69. The van der Waals surface area contributed by atoms with Crippen molar-refractivity contribution in [3.63, 3.8) is 0 Å². The molecule has 53 heavy (non-hydrogen) atoms. The van der Waals surface area contributed by atoms with Crippen molar-refractivity contribution in [1.82, 2.24) is 0 Å². The summed E-state index contributed by atoms with van der Waals surface area (Å²) < 4.78 is 0. The third-order valence-corrected chi connectivity index (χ3v) is 9.36. The lowest BCUT2D eigenvalue weighted by molar-refractivity contribution is 1.08. The van der Waals surface area contributed by atoms with E-state index in [2.05, 4.69) is 171 Å². The number of rotatable bonds is 7. The van der Waals surface area contributed by atoms with Crippen molar-refractivity contribution in [2.45, 2.75) is 53.4 Å². The first-order valence-electron chi connectivity index (χ1n) is 18.4. The molecule has 0 aliphatic carbocycles. The zero-order chi connectivity index (χ0) is 37.0. The average Bonchev–Trinajstić information content (AvgIpc) is 3.22. The van der Waals surface area contributed by atoms with Gasteiger partial charge < -0.3 is 4.90 Å². The number of aryl methyl sites for hydroxylation is 4. The molecule has 0 spiro atoms. The van der Waals surface area contributed by atoms with Crippen molar-refractivity contribution in [2.24, 2.45) is 0 Å². The van der Waals surface area contributed by atoms with Crippen LogP contribution in [0.1, 0.15) is 88.9 Å². The van der Waals surface area contributed by atoms with Crippen molar-refractivity contribution in [2.75, 3.05) is 4.90 Å². The second kappa shape index (κ2) is 17.5. The number of anilines is 3. The van der Waals surface area contributed by atoms with Crippen molar-refractivity contribution >= 4 is 17.1 Å². The van der Waals surface area contributed by atoms with Gasteiger partial charge in [0.25, 0.3) is 0 Å². The van der Waals surface area contributed by atoms with Gasteiger partial charge in [0.1, 0.15) is 0 Å². The first-order chi connectivity index (χ1) is 26.0. The predicted molar refractivity (Wildman–Crippen MR) is 221 cm³/mol. The molecule has 6 aromatic carbocycles. The molecule has 0 amide bonds.